The molecular weight excluding hydrogens is 659 g/mol. The van der Waals surface area contributed by atoms with Gasteiger partial charge in [-0.2, -0.15) is 4.98 Å². The van der Waals surface area contributed by atoms with Crippen molar-refractivity contribution in [2.45, 2.75) is 32.4 Å². The minimum atomic E-state index is -0.349. The predicted molar refractivity (Wildman–Crippen MR) is 185 cm³/mol. The molecule has 2 aliphatic heterocycles. The Bertz CT molecular complexity index is 1800. The average Bonchev–Trinajstić information content (AvgIpc) is 3.52. The topological polar surface area (TPSA) is 128 Å². The molecule has 0 unspecified atom stereocenters. The summed E-state index contributed by atoms with van der Waals surface area (Å²) in [6.45, 7) is 9.66. The molecule has 1 amide bonds. The monoisotopic (exact) mass is 696 g/mol. The van der Waals surface area contributed by atoms with Crippen molar-refractivity contribution in [2.24, 2.45) is 5.92 Å². The van der Waals surface area contributed by atoms with Crippen molar-refractivity contribution in [3.05, 3.63) is 51.4 Å². The highest BCUT2D eigenvalue weighted by atomic mass is 35.5. The lowest BCUT2D eigenvalue weighted by Gasteiger charge is -2.33. The van der Waals surface area contributed by atoms with Crippen molar-refractivity contribution < 1.29 is 23.8 Å². The summed E-state index contributed by atoms with van der Waals surface area (Å²) < 4.78 is 18.2. The van der Waals surface area contributed by atoms with E-state index in [0.717, 1.165) is 0 Å². The van der Waals surface area contributed by atoms with Gasteiger partial charge in [-0.05, 0) is 38.0 Å². The lowest BCUT2D eigenvalue weighted by molar-refractivity contribution is -0.126. The molecule has 4 heterocycles. The van der Waals surface area contributed by atoms with Crippen LogP contribution in [0.2, 0.25) is 10.0 Å². The van der Waals surface area contributed by atoms with Crippen LogP contribution in [0.5, 0.6) is 11.5 Å². The summed E-state index contributed by atoms with van der Waals surface area (Å²) in [6, 6.07) is 3.05. The number of carbonyl (C=O) groups excluding carboxylic acids is 2. The molecule has 0 aliphatic carbocycles. The van der Waals surface area contributed by atoms with Gasteiger partial charge in [-0.15, -0.1) is 0 Å². The van der Waals surface area contributed by atoms with Crippen LogP contribution in [0.4, 0.5) is 5.95 Å². The molecule has 2 fully saturated rings. The Labute approximate surface area is 289 Å². The smallest absolute Gasteiger partial charge is 0.298 e. The first-order chi connectivity index (χ1) is 23.2. The second kappa shape index (κ2) is 15.8. The molecule has 1 N–H and O–H groups in total. The third kappa shape index (κ3) is 7.60. The Morgan fingerprint density at radius 2 is 1.81 bits per heavy atom. The maximum atomic E-state index is 14.4. The minimum absolute atomic E-state index is 0.0627. The molecule has 2 saturated heterocycles. The van der Waals surface area contributed by atoms with Gasteiger partial charge in [0.15, 0.2) is 5.78 Å². The fraction of sp³-hybridized carbons (Fsp3) is 0.441. The molecule has 0 bridgehead atoms. The first-order valence-corrected chi connectivity index (χ1v) is 16.4. The molecule has 1 aromatic carbocycles. The number of nitrogens with one attached hydrogen (secondary N) is 1. The summed E-state index contributed by atoms with van der Waals surface area (Å²) in [7, 11) is 2.94. The van der Waals surface area contributed by atoms with E-state index < -0.39 is 0 Å². The third-order valence-electron chi connectivity index (χ3n) is 8.62. The largest absolute Gasteiger partial charge is 0.495 e. The van der Waals surface area contributed by atoms with Crippen LogP contribution in [-0.4, -0.2) is 102 Å². The minimum Gasteiger partial charge on any atom is -0.495 e. The number of benzene rings is 1. The van der Waals surface area contributed by atoms with E-state index in [1.54, 1.807) is 34.7 Å². The molecule has 2 atom stereocenters. The molecule has 14 heteroatoms. The zero-order chi connectivity index (χ0) is 34.4. The van der Waals surface area contributed by atoms with E-state index >= 15 is 0 Å². The van der Waals surface area contributed by atoms with Gasteiger partial charge in [0, 0.05) is 68.3 Å². The summed E-state index contributed by atoms with van der Waals surface area (Å²) in [5.74, 6) is 5.89. The normalized spacial score (nSPS) is 17.9. The molecule has 0 saturated carbocycles. The van der Waals surface area contributed by atoms with Crippen LogP contribution in [0.1, 0.15) is 19.8 Å². The fourth-order valence-electron chi connectivity index (χ4n) is 6.02. The van der Waals surface area contributed by atoms with E-state index in [1.165, 1.54) is 20.3 Å². The molecular formula is C34H38Cl2N6O6. The maximum Gasteiger partial charge on any atom is 0.298 e. The molecule has 2 aromatic heterocycles. The summed E-state index contributed by atoms with van der Waals surface area (Å²) in [5, 5.41) is 4.25. The van der Waals surface area contributed by atoms with Crippen molar-refractivity contribution in [1.29, 1.82) is 0 Å². The third-order valence-corrected chi connectivity index (χ3v) is 9.37. The number of methoxy groups -OCH3 is 2. The van der Waals surface area contributed by atoms with Crippen molar-refractivity contribution in [1.82, 2.24) is 24.3 Å². The second-order valence-corrected chi connectivity index (χ2v) is 12.3. The Morgan fingerprint density at radius 3 is 2.46 bits per heavy atom. The SMILES string of the molecule is C=CC(=O)C[C@H]1COC[C@H]1Nc1ncc2cc(-c3c(Cl)c(OC)cc(OC)c3Cl)c(=O)n(CCCN3CCN(C(=O)C#CC)CC3)c2n1. The van der Waals surface area contributed by atoms with Gasteiger partial charge < -0.3 is 24.4 Å². The molecule has 0 radical (unpaired) electrons. The molecule has 5 rings (SSSR count). The quantitative estimate of drug-likeness (QED) is 0.220. The van der Waals surface area contributed by atoms with E-state index in [2.05, 4.69) is 33.6 Å². The van der Waals surface area contributed by atoms with E-state index in [9.17, 15) is 14.4 Å². The molecule has 0 spiro atoms. The number of anilines is 1. The zero-order valence-electron chi connectivity index (χ0n) is 27.2. The standard InChI is InChI=1S/C34H38Cl2N6O6/c1-5-8-28(44)41-13-11-40(12-14-41)9-7-10-42-32-21(18-37-34(39-32)38-25-20-48-19-22(25)15-23(43)6-2)16-24(33(42)45)29-30(35)26(46-3)17-27(47-4)31(29)36/h6,16-18,22,25H,2,7,9-15,19-20H2,1,3-4H3,(H,37,38,39)/t22-,25+/m0/s1. The highest BCUT2D eigenvalue weighted by Crippen LogP contribution is 2.45. The number of ketones is 1. The van der Waals surface area contributed by atoms with Crippen molar-refractivity contribution in [2.75, 3.05) is 65.5 Å². The number of fused-ring (bicyclic) bond motifs is 1. The lowest BCUT2D eigenvalue weighted by atomic mass is 9.97. The number of aromatic nitrogens is 3. The van der Waals surface area contributed by atoms with Gasteiger partial charge in [0.2, 0.25) is 5.95 Å². The maximum absolute atomic E-state index is 14.4. The number of carbonyl (C=O) groups is 2. The number of halogens is 2. The average molecular weight is 698 g/mol. The van der Waals surface area contributed by atoms with Crippen LogP contribution in [0.25, 0.3) is 22.2 Å². The van der Waals surface area contributed by atoms with Gasteiger partial charge in [0.1, 0.15) is 17.1 Å². The molecule has 48 heavy (non-hydrogen) atoms. The first kappa shape index (κ1) is 35.2. The van der Waals surface area contributed by atoms with E-state index in [0.29, 0.717) is 93.8 Å². The molecule has 3 aromatic rings. The number of hydrogen-bond acceptors (Lipinski definition) is 10. The highest BCUT2D eigenvalue weighted by molar-refractivity contribution is 6.41. The Morgan fingerprint density at radius 1 is 1.10 bits per heavy atom. The number of allylic oxidation sites excluding steroid dienone is 1. The van der Waals surface area contributed by atoms with Crippen LogP contribution in [0, 0.1) is 17.8 Å². The van der Waals surface area contributed by atoms with Gasteiger partial charge in [-0.25, -0.2) is 4.98 Å². The van der Waals surface area contributed by atoms with Gasteiger partial charge in [-0.3, -0.25) is 23.9 Å². The fourth-order valence-corrected chi connectivity index (χ4v) is 6.72. The number of pyridine rings is 1. The number of hydrogen-bond donors (Lipinski definition) is 1. The summed E-state index contributed by atoms with van der Waals surface area (Å²) in [4.78, 5) is 51.9. The van der Waals surface area contributed by atoms with Gasteiger partial charge in [-0.1, -0.05) is 35.7 Å². The summed E-state index contributed by atoms with van der Waals surface area (Å²) >= 11 is 13.5. The van der Waals surface area contributed by atoms with Gasteiger partial charge in [0.25, 0.3) is 11.5 Å². The number of rotatable bonds is 12. The van der Waals surface area contributed by atoms with Gasteiger partial charge >= 0.3 is 0 Å². The Balaban J connectivity index is 1.48. The summed E-state index contributed by atoms with van der Waals surface area (Å²) in [5.41, 5.74) is 0.606. The van der Waals surface area contributed by atoms with Gasteiger partial charge in [0.05, 0.1) is 49.1 Å². The van der Waals surface area contributed by atoms with Crippen LogP contribution < -0.4 is 20.3 Å². The zero-order valence-corrected chi connectivity index (χ0v) is 28.7. The van der Waals surface area contributed by atoms with Crippen molar-refractivity contribution in [3.63, 3.8) is 0 Å². The Hall–Kier alpha value is -4.15. The van der Waals surface area contributed by atoms with Crippen LogP contribution >= 0.6 is 23.2 Å². The van der Waals surface area contributed by atoms with Crippen LogP contribution in [0.15, 0.2) is 35.8 Å². The Kier molecular flexibility index (Phi) is 11.6. The highest BCUT2D eigenvalue weighted by Gasteiger charge is 2.30. The molecule has 254 valence electrons. The van der Waals surface area contributed by atoms with Crippen LogP contribution in [-0.2, 0) is 20.9 Å². The molecule has 12 nitrogen and oxygen atoms in total. The summed E-state index contributed by atoms with van der Waals surface area (Å²) in [6.07, 6.45) is 3.87. The van der Waals surface area contributed by atoms with Crippen LogP contribution in [0.3, 0.4) is 0 Å². The lowest BCUT2D eigenvalue weighted by Crippen LogP contribution is -2.48. The first-order valence-electron chi connectivity index (χ1n) is 15.6. The predicted octanol–water partition coefficient (Wildman–Crippen LogP) is 3.91. The number of aryl methyl sites for hydroxylation is 1. The number of amides is 1. The van der Waals surface area contributed by atoms with E-state index in [-0.39, 0.29) is 50.4 Å². The number of nitrogens with zero attached hydrogens (tertiary/aromatic N) is 5. The van der Waals surface area contributed by atoms with E-state index in [4.69, 9.17) is 42.4 Å². The van der Waals surface area contributed by atoms with Crippen molar-refractivity contribution in [3.8, 4) is 34.5 Å². The van der Waals surface area contributed by atoms with Crippen molar-refractivity contribution >= 4 is 51.9 Å². The number of piperazine rings is 1. The second-order valence-electron chi connectivity index (χ2n) is 11.6. The molecule has 2 aliphatic rings. The number of ether oxygens (including phenoxy) is 3. The van der Waals surface area contributed by atoms with E-state index in [1.807, 2.05) is 0 Å².